The first-order valence-electron chi connectivity index (χ1n) is 13.4. The molecule has 0 saturated heterocycles. The van der Waals surface area contributed by atoms with Gasteiger partial charge in [0.05, 0.1) is 0 Å². The van der Waals surface area contributed by atoms with Gasteiger partial charge in [-0.25, -0.2) is 12.3 Å². The van der Waals surface area contributed by atoms with Gasteiger partial charge in [-0.05, 0) is 0 Å². The van der Waals surface area contributed by atoms with Crippen molar-refractivity contribution >= 4 is 13.6 Å². The Hall–Kier alpha value is -0.197. The molecule has 0 aromatic carbocycles. The SMILES string of the molecule is CCCCC([N-]CCC)[N-]C(C)(C)CC.CCCCC([N-]CCC)[N-]C(C)(C)CC.[CH-]=O.[CH-]=O.[Ru+6]. The summed E-state index contributed by atoms with van der Waals surface area (Å²) >= 11 is 0. The molecule has 0 saturated carbocycles. The summed E-state index contributed by atoms with van der Waals surface area (Å²) in [6.07, 6.45) is 12.1. The Balaban J connectivity index is -0.000000146. The molecule has 2 atom stereocenters. The van der Waals surface area contributed by atoms with Gasteiger partial charge in [-0.3, -0.25) is 13.6 Å². The van der Waals surface area contributed by atoms with E-state index in [0.717, 1.165) is 51.6 Å². The van der Waals surface area contributed by atoms with Gasteiger partial charge in [0, 0.05) is 0 Å². The summed E-state index contributed by atoms with van der Waals surface area (Å²) in [5, 5.41) is 19.0. The van der Waals surface area contributed by atoms with Crippen molar-refractivity contribution in [2.24, 2.45) is 0 Å². The van der Waals surface area contributed by atoms with Crippen LogP contribution in [0.1, 0.15) is 133 Å². The maximum atomic E-state index is 7.75. The summed E-state index contributed by atoms with van der Waals surface area (Å²) in [6, 6.07) is 0. The standard InChI is InChI=1S/2C13H28N2.2CHO.Ru/c2*1-6-9-10-12(14-11-7-2)15-13(4,5)8-3;2*1-2;/h2*12H,6-11H2,1-5H3;2*1H;/q2*-2;2*-1;+6. The first kappa shape index (κ1) is 44.8. The molecule has 2 unspecified atom stereocenters. The van der Waals surface area contributed by atoms with Gasteiger partial charge in [0.15, 0.2) is 0 Å². The molecular formula is C28H58N4O2Ru. The van der Waals surface area contributed by atoms with Crippen molar-refractivity contribution in [1.82, 2.24) is 0 Å². The van der Waals surface area contributed by atoms with Crippen LogP contribution in [0, 0.1) is 0 Å². The van der Waals surface area contributed by atoms with Gasteiger partial charge < -0.3 is 30.9 Å². The monoisotopic (exact) mass is 584 g/mol. The number of hydrogen-bond acceptors (Lipinski definition) is 2. The van der Waals surface area contributed by atoms with Gasteiger partial charge in [0.2, 0.25) is 0 Å². The zero-order chi connectivity index (χ0) is 27.5. The van der Waals surface area contributed by atoms with E-state index >= 15 is 0 Å². The predicted octanol–water partition coefficient (Wildman–Crippen LogP) is 9.15. The van der Waals surface area contributed by atoms with Crippen LogP contribution >= 0.6 is 0 Å². The predicted molar refractivity (Wildman–Crippen MR) is 153 cm³/mol. The maximum absolute atomic E-state index is 7.75. The first-order valence-corrected chi connectivity index (χ1v) is 13.4. The fourth-order valence-corrected chi connectivity index (χ4v) is 2.71. The minimum atomic E-state index is 0. The van der Waals surface area contributed by atoms with Crippen LogP contribution in [0.5, 0.6) is 0 Å². The average molecular weight is 584 g/mol. The molecule has 0 aromatic rings. The molecule has 0 aromatic heterocycles. The quantitative estimate of drug-likeness (QED) is 0.0914. The Morgan fingerprint density at radius 2 is 0.857 bits per heavy atom. The van der Waals surface area contributed by atoms with E-state index in [9.17, 15) is 0 Å². The molecule has 0 heterocycles. The van der Waals surface area contributed by atoms with E-state index in [2.05, 4.69) is 93.4 Å². The molecule has 0 aliphatic rings. The summed E-state index contributed by atoms with van der Waals surface area (Å²) in [5.41, 5.74) is 0.186. The van der Waals surface area contributed by atoms with Crippen LogP contribution in [0.15, 0.2) is 0 Å². The zero-order valence-electron chi connectivity index (χ0n) is 24.8. The minimum absolute atomic E-state index is 0. The largest absolute Gasteiger partial charge is 6.00 e. The van der Waals surface area contributed by atoms with E-state index in [1.165, 1.54) is 25.7 Å². The second kappa shape index (κ2) is 31.8. The normalized spacial score (nSPS) is 12.4. The van der Waals surface area contributed by atoms with Crippen LogP contribution in [0.2, 0.25) is 0 Å². The Morgan fingerprint density at radius 1 is 0.571 bits per heavy atom. The number of rotatable bonds is 18. The van der Waals surface area contributed by atoms with Crippen LogP contribution in [-0.4, -0.2) is 50.1 Å². The summed E-state index contributed by atoms with van der Waals surface area (Å²) in [7, 11) is 0. The van der Waals surface area contributed by atoms with Crippen LogP contribution in [0.25, 0.3) is 21.3 Å². The topological polar surface area (TPSA) is 90.5 Å². The third kappa shape index (κ3) is 33.8. The third-order valence-electron chi connectivity index (χ3n) is 5.49. The fraction of sp³-hybridized carbons (Fsp3) is 0.929. The number of carbonyl (C=O) groups excluding carboxylic acids is 2. The van der Waals surface area contributed by atoms with Crippen molar-refractivity contribution in [3.8, 4) is 0 Å². The molecule has 0 bridgehead atoms. The van der Waals surface area contributed by atoms with E-state index in [-0.39, 0.29) is 42.9 Å². The second-order valence-corrected chi connectivity index (χ2v) is 9.65. The summed E-state index contributed by atoms with van der Waals surface area (Å²) in [6.45, 7) is 30.4. The van der Waals surface area contributed by atoms with Gasteiger partial charge in [0.25, 0.3) is 0 Å². The number of nitrogens with zero attached hydrogens (tertiary/aromatic N) is 4. The van der Waals surface area contributed by atoms with E-state index < -0.39 is 0 Å². The number of unbranched alkanes of at least 4 members (excludes halogenated alkanes) is 2. The Bertz CT molecular complexity index is 347. The molecule has 210 valence electrons. The van der Waals surface area contributed by atoms with Crippen molar-refractivity contribution in [1.29, 1.82) is 0 Å². The van der Waals surface area contributed by atoms with Crippen molar-refractivity contribution in [3.05, 3.63) is 21.3 Å². The van der Waals surface area contributed by atoms with Crippen LogP contribution in [0.3, 0.4) is 0 Å². The van der Waals surface area contributed by atoms with Gasteiger partial charge >= 0.3 is 19.5 Å². The van der Waals surface area contributed by atoms with Crippen molar-refractivity contribution in [2.75, 3.05) is 13.1 Å². The fourth-order valence-electron chi connectivity index (χ4n) is 2.71. The molecule has 0 aliphatic heterocycles. The molecule has 0 radical (unpaired) electrons. The maximum Gasteiger partial charge on any atom is 6.00 e. The molecule has 0 aliphatic carbocycles. The summed E-state index contributed by atoms with van der Waals surface area (Å²) in [5.74, 6) is 0. The van der Waals surface area contributed by atoms with Crippen LogP contribution in [0.4, 0.5) is 0 Å². The summed E-state index contributed by atoms with van der Waals surface area (Å²) in [4.78, 5) is 15.5. The van der Waals surface area contributed by atoms with E-state index in [1.807, 2.05) is 0 Å². The Morgan fingerprint density at radius 3 is 1.06 bits per heavy atom. The second-order valence-electron chi connectivity index (χ2n) is 9.65. The molecular weight excluding hydrogens is 525 g/mol. The van der Waals surface area contributed by atoms with Crippen LogP contribution < -0.4 is 0 Å². The van der Waals surface area contributed by atoms with Gasteiger partial charge in [0.1, 0.15) is 0 Å². The Kier molecular flexibility index (Phi) is 40.7. The van der Waals surface area contributed by atoms with Gasteiger partial charge in [-0.15, -0.1) is 11.1 Å². The number of hydrogen-bond donors (Lipinski definition) is 0. The molecule has 0 fully saturated rings. The molecule has 7 heteroatoms. The van der Waals surface area contributed by atoms with Crippen LogP contribution in [-0.2, 0) is 29.1 Å². The van der Waals surface area contributed by atoms with E-state index in [4.69, 9.17) is 20.2 Å². The molecule has 0 spiro atoms. The molecule has 0 rings (SSSR count). The smallest absolute Gasteiger partial charge is 0.678 e. The molecule has 6 nitrogen and oxygen atoms in total. The van der Waals surface area contributed by atoms with Crippen molar-refractivity contribution in [2.45, 2.75) is 157 Å². The Labute approximate surface area is 233 Å². The van der Waals surface area contributed by atoms with Gasteiger partial charge in [-0.1, -0.05) is 133 Å². The van der Waals surface area contributed by atoms with E-state index in [0.29, 0.717) is 0 Å². The first-order chi connectivity index (χ1) is 16.1. The van der Waals surface area contributed by atoms with Crippen molar-refractivity contribution in [3.63, 3.8) is 0 Å². The third-order valence-corrected chi connectivity index (χ3v) is 5.49. The molecule has 35 heavy (non-hydrogen) atoms. The average Bonchev–Trinajstić information content (AvgIpc) is 2.85. The molecule has 0 N–H and O–H groups in total. The molecule has 0 amide bonds. The summed E-state index contributed by atoms with van der Waals surface area (Å²) < 4.78 is 0. The zero-order valence-corrected chi connectivity index (χ0v) is 26.5. The van der Waals surface area contributed by atoms with E-state index in [1.54, 1.807) is 0 Å². The van der Waals surface area contributed by atoms with Gasteiger partial charge in [-0.2, -0.15) is 13.1 Å². The minimum Gasteiger partial charge on any atom is -0.678 e. The van der Waals surface area contributed by atoms with Crippen molar-refractivity contribution < 1.29 is 29.1 Å².